The summed E-state index contributed by atoms with van der Waals surface area (Å²) < 4.78 is 10.5. The third-order valence-electron chi connectivity index (χ3n) is 4.30. The molecule has 3 rings (SSSR count). The molecule has 0 radical (unpaired) electrons. The molecule has 1 fully saturated rings. The van der Waals surface area contributed by atoms with Crippen molar-refractivity contribution in [3.05, 3.63) is 23.8 Å². The topological polar surface area (TPSA) is 59.6 Å². The Balaban J connectivity index is 1.52. The first-order valence-corrected chi connectivity index (χ1v) is 7.46. The van der Waals surface area contributed by atoms with Crippen molar-refractivity contribution in [2.24, 2.45) is 5.41 Å². The SMILES string of the molecule is COCCC1(CNCc2ccc3c(c2)NC(=O)CO3)CC1. The van der Waals surface area contributed by atoms with Crippen LogP contribution in [0.25, 0.3) is 0 Å². The van der Waals surface area contributed by atoms with Crippen molar-refractivity contribution in [2.45, 2.75) is 25.8 Å². The van der Waals surface area contributed by atoms with Gasteiger partial charge in [0.2, 0.25) is 0 Å². The summed E-state index contributed by atoms with van der Waals surface area (Å²) in [5.74, 6) is 0.654. The second-order valence-corrected chi connectivity index (χ2v) is 6.01. The van der Waals surface area contributed by atoms with E-state index < -0.39 is 0 Å². The molecule has 5 heteroatoms. The Morgan fingerprint density at radius 3 is 3.05 bits per heavy atom. The zero-order valence-corrected chi connectivity index (χ0v) is 12.4. The van der Waals surface area contributed by atoms with Crippen molar-refractivity contribution < 1.29 is 14.3 Å². The number of carbonyl (C=O) groups is 1. The molecule has 2 N–H and O–H groups in total. The summed E-state index contributed by atoms with van der Waals surface area (Å²) in [6, 6.07) is 5.94. The third-order valence-corrected chi connectivity index (χ3v) is 4.30. The normalized spacial score (nSPS) is 18.6. The van der Waals surface area contributed by atoms with Crippen LogP contribution in [-0.2, 0) is 16.1 Å². The van der Waals surface area contributed by atoms with Gasteiger partial charge in [0.25, 0.3) is 5.91 Å². The number of amides is 1. The van der Waals surface area contributed by atoms with Crippen LogP contribution in [0.4, 0.5) is 5.69 Å². The summed E-state index contributed by atoms with van der Waals surface area (Å²) in [4.78, 5) is 11.3. The van der Waals surface area contributed by atoms with E-state index in [-0.39, 0.29) is 12.5 Å². The number of rotatable bonds is 7. The Kier molecular flexibility index (Phi) is 4.12. The highest BCUT2D eigenvalue weighted by atomic mass is 16.5. The number of ether oxygens (including phenoxy) is 2. The number of anilines is 1. The number of carbonyl (C=O) groups excluding carboxylic acids is 1. The van der Waals surface area contributed by atoms with Gasteiger partial charge in [0.15, 0.2) is 6.61 Å². The first-order valence-electron chi connectivity index (χ1n) is 7.46. The Morgan fingerprint density at radius 1 is 1.43 bits per heavy atom. The van der Waals surface area contributed by atoms with Gasteiger partial charge >= 0.3 is 0 Å². The molecule has 114 valence electrons. The Hall–Kier alpha value is -1.59. The van der Waals surface area contributed by atoms with Gasteiger partial charge in [-0.2, -0.15) is 0 Å². The van der Waals surface area contributed by atoms with Gasteiger partial charge in [-0.15, -0.1) is 0 Å². The highest BCUT2D eigenvalue weighted by molar-refractivity contribution is 5.95. The minimum absolute atomic E-state index is 0.0934. The lowest BCUT2D eigenvalue weighted by molar-refractivity contribution is -0.118. The van der Waals surface area contributed by atoms with Crippen LogP contribution in [-0.4, -0.2) is 32.8 Å². The first-order chi connectivity index (χ1) is 10.2. The van der Waals surface area contributed by atoms with E-state index in [0.29, 0.717) is 5.41 Å². The highest BCUT2D eigenvalue weighted by Crippen LogP contribution is 2.48. The van der Waals surface area contributed by atoms with Crippen LogP contribution in [0.3, 0.4) is 0 Å². The second-order valence-electron chi connectivity index (χ2n) is 6.01. The van der Waals surface area contributed by atoms with Gasteiger partial charge in [-0.1, -0.05) is 6.07 Å². The van der Waals surface area contributed by atoms with E-state index in [2.05, 4.69) is 10.6 Å². The maximum absolute atomic E-state index is 11.3. The van der Waals surface area contributed by atoms with Crippen LogP contribution >= 0.6 is 0 Å². The lowest BCUT2D eigenvalue weighted by atomic mass is 10.0. The summed E-state index contributed by atoms with van der Waals surface area (Å²) in [7, 11) is 1.76. The number of hydrogen-bond acceptors (Lipinski definition) is 4. The van der Waals surface area contributed by atoms with Gasteiger partial charge in [0.05, 0.1) is 5.69 Å². The third kappa shape index (κ3) is 3.54. The molecule has 5 nitrogen and oxygen atoms in total. The molecule has 1 aliphatic heterocycles. The fraction of sp³-hybridized carbons (Fsp3) is 0.562. The molecule has 1 saturated carbocycles. The first kappa shape index (κ1) is 14.4. The van der Waals surface area contributed by atoms with E-state index in [9.17, 15) is 4.79 Å². The summed E-state index contributed by atoms with van der Waals surface area (Å²) in [5, 5.41) is 6.36. The van der Waals surface area contributed by atoms with Crippen molar-refractivity contribution in [2.75, 3.05) is 32.2 Å². The zero-order valence-electron chi connectivity index (χ0n) is 12.4. The summed E-state index contributed by atoms with van der Waals surface area (Å²) in [5.41, 5.74) is 2.37. The fourth-order valence-corrected chi connectivity index (χ4v) is 2.72. The van der Waals surface area contributed by atoms with Crippen molar-refractivity contribution in [3.63, 3.8) is 0 Å². The number of benzene rings is 1. The van der Waals surface area contributed by atoms with E-state index >= 15 is 0 Å². The molecule has 1 aromatic carbocycles. The Labute approximate surface area is 125 Å². The molecule has 0 spiro atoms. The zero-order chi connectivity index (χ0) is 14.7. The van der Waals surface area contributed by atoms with Crippen LogP contribution in [0, 0.1) is 5.41 Å². The molecule has 1 aliphatic carbocycles. The van der Waals surface area contributed by atoms with Crippen LogP contribution in [0.2, 0.25) is 0 Å². The summed E-state index contributed by atoms with van der Waals surface area (Å²) in [6.45, 7) is 2.77. The quantitative estimate of drug-likeness (QED) is 0.805. The molecule has 1 heterocycles. The van der Waals surface area contributed by atoms with Crippen molar-refractivity contribution in [1.29, 1.82) is 0 Å². The maximum Gasteiger partial charge on any atom is 0.262 e. The minimum Gasteiger partial charge on any atom is -0.482 e. The van der Waals surface area contributed by atoms with Gasteiger partial charge in [-0.25, -0.2) is 0 Å². The molecular formula is C16H22N2O3. The Bertz CT molecular complexity index is 526. The van der Waals surface area contributed by atoms with Gasteiger partial charge in [-0.3, -0.25) is 4.79 Å². The number of hydrogen-bond donors (Lipinski definition) is 2. The van der Waals surface area contributed by atoms with Crippen LogP contribution in [0.15, 0.2) is 18.2 Å². The highest BCUT2D eigenvalue weighted by Gasteiger charge is 2.41. The average molecular weight is 290 g/mol. The van der Waals surface area contributed by atoms with Gasteiger partial charge in [0.1, 0.15) is 5.75 Å². The van der Waals surface area contributed by atoms with E-state index in [1.54, 1.807) is 7.11 Å². The van der Waals surface area contributed by atoms with E-state index in [1.807, 2.05) is 18.2 Å². The summed E-state index contributed by atoms with van der Waals surface area (Å²) in [6.07, 6.45) is 3.71. The minimum atomic E-state index is -0.0934. The summed E-state index contributed by atoms with van der Waals surface area (Å²) >= 11 is 0. The smallest absolute Gasteiger partial charge is 0.262 e. The van der Waals surface area contributed by atoms with Crippen molar-refractivity contribution in [1.82, 2.24) is 5.32 Å². The van der Waals surface area contributed by atoms with Crippen LogP contribution in [0.5, 0.6) is 5.75 Å². The fourth-order valence-electron chi connectivity index (χ4n) is 2.72. The van der Waals surface area contributed by atoms with Crippen LogP contribution in [0.1, 0.15) is 24.8 Å². The molecular weight excluding hydrogens is 268 g/mol. The molecule has 0 saturated heterocycles. The van der Waals surface area contributed by atoms with Crippen LogP contribution < -0.4 is 15.4 Å². The largest absolute Gasteiger partial charge is 0.482 e. The number of fused-ring (bicyclic) bond motifs is 1. The van der Waals surface area contributed by atoms with Gasteiger partial charge in [0, 0.05) is 26.8 Å². The molecule has 1 amide bonds. The molecule has 0 unspecified atom stereocenters. The van der Waals surface area contributed by atoms with Crippen molar-refractivity contribution in [3.8, 4) is 5.75 Å². The molecule has 0 aromatic heterocycles. The predicted molar refractivity (Wildman–Crippen MR) is 80.4 cm³/mol. The maximum atomic E-state index is 11.3. The monoisotopic (exact) mass is 290 g/mol. The van der Waals surface area contributed by atoms with Gasteiger partial charge in [-0.05, 0) is 42.4 Å². The molecule has 0 atom stereocenters. The molecule has 2 aliphatic rings. The number of nitrogens with one attached hydrogen (secondary N) is 2. The second kappa shape index (κ2) is 6.03. The standard InChI is InChI=1S/C16H22N2O3/c1-20-7-6-16(4-5-16)11-17-9-12-2-3-14-13(8-12)18-15(19)10-21-14/h2-3,8,17H,4-7,9-11H2,1H3,(H,18,19). The molecule has 1 aromatic rings. The molecule has 0 bridgehead atoms. The van der Waals surface area contributed by atoms with E-state index in [4.69, 9.17) is 9.47 Å². The van der Waals surface area contributed by atoms with Gasteiger partial charge < -0.3 is 20.1 Å². The molecule has 21 heavy (non-hydrogen) atoms. The van der Waals surface area contributed by atoms with E-state index in [1.165, 1.54) is 12.8 Å². The van der Waals surface area contributed by atoms with E-state index in [0.717, 1.165) is 43.1 Å². The average Bonchev–Trinajstić information content (AvgIpc) is 3.25. The van der Waals surface area contributed by atoms with Crippen molar-refractivity contribution >= 4 is 11.6 Å². The lowest BCUT2D eigenvalue weighted by Crippen LogP contribution is -2.26. The number of methoxy groups -OCH3 is 1. The Morgan fingerprint density at radius 2 is 2.29 bits per heavy atom. The lowest BCUT2D eigenvalue weighted by Gasteiger charge is -2.19. The predicted octanol–water partition coefficient (Wildman–Crippen LogP) is 1.92.